The number of aliphatic hydroxyl groups is 1. The third-order valence-electron chi connectivity index (χ3n) is 4.28. The van der Waals surface area contributed by atoms with Gasteiger partial charge in [-0.05, 0) is 43.0 Å². The molecule has 0 radical (unpaired) electrons. The van der Waals surface area contributed by atoms with E-state index in [9.17, 15) is 9.90 Å². The lowest BCUT2D eigenvalue weighted by atomic mass is 9.85. The highest BCUT2D eigenvalue weighted by atomic mass is 16.3. The third-order valence-corrected chi connectivity index (χ3v) is 4.28. The molecular formula is C17H18O2. The number of rotatable bonds is 2. The van der Waals surface area contributed by atoms with Crippen molar-refractivity contribution in [2.45, 2.75) is 31.8 Å². The average Bonchev–Trinajstić information content (AvgIpc) is 2.77. The lowest BCUT2D eigenvalue weighted by Gasteiger charge is -2.24. The van der Waals surface area contributed by atoms with Crippen molar-refractivity contribution in [2.75, 3.05) is 0 Å². The molecule has 0 aliphatic heterocycles. The van der Waals surface area contributed by atoms with Gasteiger partial charge in [-0.1, -0.05) is 36.4 Å². The molecule has 2 aromatic rings. The first-order chi connectivity index (χ1) is 9.08. The van der Waals surface area contributed by atoms with Crippen LogP contribution in [0.1, 0.15) is 36.5 Å². The number of carbonyl (C=O) groups excluding carboxylic acids is 1. The van der Waals surface area contributed by atoms with Gasteiger partial charge in [0.1, 0.15) is 0 Å². The van der Waals surface area contributed by atoms with Gasteiger partial charge in [-0.15, -0.1) is 0 Å². The molecule has 0 aromatic heterocycles. The molecule has 98 valence electrons. The quantitative estimate of drug-likeness (QED) is 0.832. The molecule has 1 N–H and O–H groups in total. The number of hydrogen-bond acceptors (Lipinski definition) is 2. The van der Waals surface area contributed by atoms with Crippen LogP contribution in [0.15, 0.2) is 42.5 Å². The smallest absolute Gasteiger partial charge is 0.168 e. The van der Waals surface area contributed by atoms with Crippen molar-refractivity contribution >= 4 is 16.6 Å². The molecule has 2 atom stereocenters. The summed E-state index contributed by atoms with van der Waals surface area (Å²) < 4.78 is 0. The fourth-order valence-corrected chi connectivity index (χ4v) is 3.11. The minimum absolute atomic E-state index is 0.0771. The van der Waals surface area contributed by atoms with Crippen LogP contribution in [-0.2, 0) is 0 Å². The summed E-state index contributed by atoms with van der Waals surface area (Å²) in [5.74, 6) is -0.179. The Bertz CT molecular complexity index is 628. The number of ketones is 1. The van der Waals surface area contributed by atoms with Gasteiger partial charge in [0.15, 0.2) is 5.78 Å². The first-order valence-corrected chi connectivity index (χ1v) is 6.83. The van der Waals surface area contributed by atoms with E-state index in [1.54, 1.807) is 6.92 Å². The van der Waals surface area contributed by atoms with Crippen LogP contribution in [0.25, 0.3) is 10.8 Å². The fourth-order valence-electron chi connectivity index (χ4n) is 3.11. The van der Waals surface area contributed by atoms with E-state index in [1.807, 2.05) is 42.5 Å². The molecule has 0 heterocycles. The third kappa shape index (κ3) is 2.17. The highest BCUT2D eigenvalue weighted by molar-refractivity contribution is 6.02. The van der Waals surface area contributed by atoms with Crippen molar-refractivity contribution in [3.63, 3.8) is 0 Å². The van der Waals surface area contributed by atoms with Gasteiger partial charge in [0.2, 0.25) is 0 Å². The van der Waals surface area contributed by atoms with Crippen molar-refractivity contribution < 1.29 is 9.90 Å². The second-order valence-electron chi connectivity index (χ2n) is 5.73. The van der Waals surface area contributed by atoms with Crippen LogP contribution in [-0.4, -0.2) is 16.5 Å². The molecular weight excluding hydrogens is 236 g/mol. The molecule has 2 aromatic carbocycles. The first-order valence-electron chi connectivity index (χ1n) is 6.83. The molecule has 0 amide bonds. The Labute approximate surface area is 113 Å². The van der Waals surface area contributed by atoms with Crippen LogP contribution < -0.4 is 0 Å². The Morgan fingerprint density at radius 1 is 1.21 bits per heavy atom. The molecule has 0 bridgehead atoms. The number of carbonyl (C=O) groups is 1. The fraction of sp³-hybridized carbons (Fsp3) is 0.353. The van der Waals surface area contributed by atoms with Crippen LogP contribution in [0, 0.1) is 5.92 Å². The van der Waals surface area contributed by atoms with Crippen molar-refractivity contribution in [2.24, 2.45) is 5.92 Å². The van der Waals surface area contributed by atoms with E-state index < -0.39 is 5.60 Å². The zero-order chi connectivity index (χ0) is 13.5. The molecule has 0 unspecified atom stereocenters. The van der Waals surface area contributed by atoms with Gasteiger partial charge in [0.25, 0.3) is 0 Å². The number of fused-ring (bicyclic) bond motifs is 1. The van der Waals surface area contributed by atoms with E-state index in [0.717, 1.165) is 30.0 Å². The molecule has 3 rings (SSSR count). The van der Waals surface area contributed by atoms with Crippen molar-refractivity contribution in [3.05, 3.63) is 48.0 Å². The topological polar surface area (TPSA) is 37.3 Å². The largest absolute Gasteiger partial charge is 0.389 e. The van der Waals surface area contributed by atoms with Crippen LogP contribution in [0.3, 0.4) is 0 Å². The van der Waals surface area contributed by atoms with E-state index in [1.165, 1.54) is 0 Å². The van der Waals surface area contributed by atoms with Crippen LogP contribution in [0.2, 0.25) is 0 Å². The highest BCUT2D eigenvalue weighted by Crippen LogP contribution is 2.37. The summed E-state index contributed by atoms with van der Waals surface area (Å²) >= 11 is 0. The summed E-state index contributed by atoms with van der Waals surface area (Å²) in [6.45, 7) is 1.78. The first kappa shape index (κ1) is 12.4. The Morgan fingerprint density at radius 3 is 2.63 bits per heavy atom. The Morgan fingerprint density at radius 2 is 1.95 bits per heavy atom. The minimum atomic E-state index is -0.845. The summed E-state index contributed by atoms with van der Waals surface area (Å²) in [7, 11) is 0. The monoisotopic (exact) mass is 254 g/mol. The van der Waals surface area contributed by atoms with Crippen LogP contribution in [0.4, 0.5) is 0 Å². The van der Waals surface area contributed by atoms with E-state index >= 15 is 0 Å². The van der Waals surface area contributed by atoms with Crippen molar-refractivity contribution in [1.82, 2.24) is 0 Å². The maximum atomic E-state index is 12.5. The van der Waals surface area contributed by atoms with Gasteiger partial charge in [0, 0.05) is 5.56 Å². The summed E-state index contributed by atoms with van der Waals surface area (Å²) in [5.41, 5.74) is -0.131. The molecule has 0 saturated heterocycles. The lowest BCUT2D eigenvalue weighted by molar-refractivity contribution is 0.0224. The average molecular weight is 254 g/mol. The zero-order valence-electron chi connectivity index (χ0n) is 11.1. The molecule has 2 nitrogen and oxygen atoms in total. The molecule has 1 saturated carbocycles. The second kappa shape index (κ2) is 4.46. The number of benzene rings is 2. The van der Waals surface area contributed by atoms with Crippen LogP contribution in [0.5, 0.6) is 0 Å². The molecule has 0 spiro atoms. The minimum Gasteiger partial charge on any atom is -0.389 e. The molecule has 1 aliphatic carbocycles. The van der Waals surface area contributed by atoms with Gasteiger partial charge >= 0.3 is 0 Å². The van der Waals surface area contributed by atoms with Gasteiger partial charge in [0.05, 0.1) is 11.5 Å². The standard InChI is InChI=1S/C17H18O2/c1-17(19)10-4-7-15(17)16(18)14-9-8-12-5-2-3-6-13(12)11-14/h2-3,5-6,8-9,11,15,19H,4,7,10H2,1H3/t15-,17-/m0/s1. The van der Waals surface area contributed by atoms with Gasteiger partial charge in [-0.2, -0.15) is 0 Å². The second-order valence-corrected chi connectivity index (χ2v) is 5.73. The molecule has 19 heavy (non-hydrogen) atoms. The maximum Gasteiger partial charge on any atom is 0.168 e. The highest BCUT2D eigenvalue weighted by Gasteiger charge is 2.41. The van der Waals surface area contributed by atoms with Crippen molar-refractivity contribution in [1.29, 1.82) is 0 Å². The summed E-state index contributed by atoms with van der Waals surface area (Å²) in [5, 5.41) is 12.5. The predicted octanol–water partition coefficient (Wildman–Crippen LogP) is 3.57. The van der Waals surface area contributed by atoms with Gasteiger partial charge in [-0.3, -0.25) is 4.79 Å². The molecule has 1 aliphatic rings. The normalized spacial score (nSPS) is 26.7. The summed E-state index contributed by atoms with van der Waals surface area (Å²) in [4.78, 5) is 12.5. The van der Waals surface area contributed by atoms with Crippen molar-refractivity contribution in [3.8, 4) is 0 Å². The lowest BCUT2D eigenvalue weighted by Crippen LogP contribution is -2.34. The summed E-state index contributed by atoms with van der Waals surface area (Å²) in [6.07, 6.45) is 2.44. The van der Waals surface area contributed by atoms with E-state index in [-0.39, 0.29) is 11.7 Å². The number of Topliss-reactive ketones (excluding diaryl/α,β-unsaturated/α-hetero) is 1. The molecule has 1 fully saturated rings. The van der Waals surface area contributed by atoms with E-state index in [4.69, 9.17) is 0 Å². The maximum absolute atomic E-state index is 12.5. The summed E-state index contributed by atoms with van der Waals surface area (Å²) in [6, 6.07) is 13.8. The van der Waals surface area contributed by atoms with Gasteiger partial charge in [-0.25, -0.2) is 0 Å². The SMILES string of the molecule is C[C@]1(O)CCC[C@H]1C(=O)c1ccc2ccccc2c1. The Kier molecular flexibility index (Phi) is 2.90. The van der Waals surface area contributed by atoms with Crippen LogP contribution >= 0.6 is 0 Å². The number of hydrogen-bond donors (Lipinski definition) is 1. The Balaban J connectivity index is 1.98. The van der Waals surface area contributed by atoms with E-state index in [0.29, 0.717) is 5.56 Å². The predicted molar refractivity (Wildman–Crippen MR) is 76.2 cm³/mol. The van der Waals surface area contributed by atoms with Gasteiger partial charge < -0.3 is 5.11 Å². The zero-order valence-corrected chi connectivity index (χ0v) is 11.1. The van der Waals surface area contributed by atoms with E-state index in [2.05, 4.69) is 0 Å². The molecule has 2 heteroatoms. The Hall–Kier alpha value is -1.67.